The zero-order chi connectivity index (χ0) is 14.4. The first-order chi connectivity index (χ1) is 8.59. The topological polar surface area (TPSA) is 112 Å². The minimum atomic E-state index is -3.66. The normalized spacial score (nSPS) is 39.2. The number of aliphatic hydroxyl groups excluding tert-OH is 2. The molecule has 8 nitrogen and oxygen atoms in total. The predicted octanol–water partition coefficient (Wildman–Crippen LogP) is -1.44. The summed E-state index contributed by atoms with van der Waals surface area (Å²) in [6.07, 6.45) is -4.08. The molecule has 2 aliphatic heterocycles. The van der Waals surface area contributed by atoms with Crippen LogP contribution in [0.2, 0.25) is 0 Å². The van der Waals surface area contributed by atoms with Crippen LogP contribution in [0.1, 0.15) is 13.8 Å². The van der Waals surface area contributed by atoms with Gasteiger partial charge in [0.15, 0.2) is 12.1 Å². The highest BCUT2D eigenvalue weighted by Crippen LogP contribution is 2.38. The fraction of sp³-hybridized carbons (Fsp3) is 1.00. The average Bonchev–Trinajstić information content (AvgIpc) is 2.69. The summed E-state index contributed by atoms with van der Waals surface area (Å²) in [4.78, 5) is 0. The summed E-state index contributed by atoms with van der Waals surface area (Å²) in [6.45, 7) is 2.86. The Labute approximate surface area is 111 Å². The summed E-state index contributed by atoms with van der Waals surface area (Å²) in [5.74, 6) is -0.866. The molecule has 0 aromatic rings. The number of hydrogen-bond donors (Lipinski definition) is 2. The van der Waals surface area contributed by atoms with Crippen molar-refractivity contribution in [2.75, 3.05) is 12.9 Å². The van der Waals surface area contributed by atoms with Crippen molar-refractivity contribution < 1.29 is 37.0 Å². The first-order valence-corrected chi connectivity index (χ1v) is 7.62. The molecule has 2 N–H and O–H groups in total. The van der Waals surface area contributed by atoms with Crippen LogP contribution >= 0.6 is 0 Å². The molecule has 2 rings (SSSR count). The molecule has 19 heavy (non-hydrogen) atoms. The van der Waals surface area contributed by atoms with Gasteiger partial charge >= 0.3 is 0 Å². The van der Waals surface area contributed by atoms with Crippen LogP contribution in [0.15, 0.2) is 0 Å². The van der Waals surface area contributed by atoms with E-state index in [9.17, 15) is 18.6 Å². The van der Waals surface area contributed by atoms with Crippen LogP contribution in [0.3, 0.4) is 0 Å². The van der Waals surface area contributed by atoms with Crippen LogP contribution in [-0.2, 0) is 28.5 Å². The fourth-order valence-electron chi connectivity index (χ4n) is 2.12. The van der Waals surface area contributed by atoms with Gasteiger partial charge in [0.05, 0.1) is 12.9 Å². The molecule has 5 atom stereocenters. The second kappa shape index (κ2) is 4.92. The van der Waals surface area contributed by atoms with Gasteiger partial charge in [0.1, 0.15) is 24.4 Å². The van der Waals surface area contributed by atoms with Crippen LogP contribution in [0.5, 0.6) is 0 Å². The number of aliphatic hydroxyl groups is 2. The molecular formula is C10H18O8S. The molecule has 112 valence electrons. The summed E-state index contributed by atoms with van der Waals surface area (Å²) in [7, 11) is -3.66. The van der Waals surface area contributed by atoms with E-state index in [1.807, 2.05) is 0 Å². The van der Waals surface area contributed by atoms with Crippen LogP contribution in [0.25, 0.3) is 0 Å². The summed E-state index contributed by atoms with van der Waals surface area (Å²) >= 11 is 0. The van der Waals surface area contributed by atoms with Gasteiger partial charge in [-0.05, 0) is 13.8 Å². The molecule has 0 spiro atoms. The summed E-state index contributed by atoms with van der Waals surface area (Å²) < 4.78 is 42.3. The number of fused-ring (bicyclic) bond motifs is 1. The minimum Gasteiger partial charge on any atom is -0.388 e. The standard InChI is InChI=1S/C10H18O8S/c1-10(2)17-8-6(12)7(16-9(8)18-10)5(11)4-15-19(3,13)14/h5-9,11-12H,4H2,1-3H3/t5-,6+,7+,8-,9-/m0/s1. The quantitative estimate of drug-likeness (QED) is 0.607. The Morgan fingerprint density at radius 2 is 2.00 bits per heavy atom. The smallest absolute Gasteiger partial charge is 0.264 e. The average molecular weight is 298 g/mol. The maximum atomic E-state index is 10.8. The molecule has 0 amide bonds. The van der Waals surface area contributed by atoms with Crippen molar-refractivity contribution in [3.05, 3.63) is 0 Å². The Morgan fingerprint density at radius 1 is 1.37 bits per heavy atom. The molecule has 2 aliphatic rings. The van der Waals surface area contributed by atoms with Gasteiger partial charge < -0.3 is 24.4 Å². The molecular weight excluding hydrogens is 280 g/mol. The summed E-state index contributed by atoms with van der Waals surface area (Å²) in [6, 6.07) is 0. The van der Waals surface area contributed by atoms with Crippen molar-refractivity contribution in [3.8, 4) is 0 Å². The lowest BCUT2D eigenvalue weighted by molar-refractivity contribution is -0.226. The third kappa shape index (κ3) is 3.43. The predicted molar refractivity (Wildman–Crippen MR) is 61.5 cm³/mol. The highest BCUT2D eigenvalue weighted by atomic mass is 32.2. The second-order valence-electron chi connectivity index (χ2n) is 5.12. The molecule has 2 saturated heterocycles. The van der Waals surface area contributed by atoms with Gasteiger partial charge in [0.2, 0.25) is 0 Å². The molecule has 0 saturated carbocycles. The van der Waals surface area contributed by atoms with Gasteiger partial charge in [-0.2, -0.15) is 8.42 Å². The molecule has 0 unspecified atom stereocenters. The highest BCUT2D eigenvalue weighted by molar-refractivity contribution is 7.85. The van der Waals surface area contributed by atoms with Gasteiger partial charge in [-0.15, -0.1) is 0 Å². The number of rotatable bonds is 4. The molecule has 0 aliphatic carbocycles. The summed E-state index contributed by atoms with van der Waals surface area (Å²) in [5.41, 5.74) is 0. The maximum Gasteiger partial charge on any atom is 0.264 e. The van der Waals surface area contributed by atoms with E-state index in [1.165, 1.54) is 0 Å². The van der Waals surface area contributed by atoms with Crippen LogP contribution in [0, 0.1) is 0 Å². The van der Waals surface area contributed by atoms with Gasteiger partial charge in [-0.25, -0.2) is 0 Å². The maximum absolute atomic E-state index is 10.8. The van der Waals surface area contributed by atoms with Gasteiger partial charge in [0, 0.05) is 0 Å². The van der Waals surface area contributed by atoms with Crippen LogP contribution < -0.4 is 0 Å². The Balaban J connectivity index is 1.94. The lowest BCUT2D eigenvalue weighted by atomic mass is 10.1. The van der Waals surface area contributed by atoms with Crippen LogP contribution in [0.4, 0.5) is 0 Å². The van der Waals surface area contributed by atoms with Crippen molar-refractivity contribution >= 4 is 10.1 Å². The van der Waals surface area contributed by atoms with E-state index in [-0.39, 0.29) is 0 Å². The van der Waals surface area contributed by atoms with Gasteiger partial charge in [-0.3, -0.25) is 4.18 Å². The third-order valence-corrected chi connectivity index (χ3v) is 3.45. The zero-order valence-electron chi connectivity index (χ0n) is 10.8. The lowest BCUT2D eigenvalue weighted by Gasteiger charge is -2.25. The van der Waals surface area contributed by atoms with E-state index in [0.29, 0.717) is 0 Å². The van der Waals surface area contributed by atoms with Crippen molar-refractivity contribution in [2.24, 2.45) is 0 Å². The molecule has 0 bridgehead atoms. The highest BCUT2D eigenvalue weighted by Gasteiger charge is 2.55. The fourth-order valence-corrected chi connectivity index (χ4v) is 2.51. The van der Waals surface area contributed by atoms with E-state index in [2.05, 4.69) is 4.18 Å². The first kappa shape index (κ1) is 15.1. The summed E-state index contributed by atoms with van der Waals surface area (Å²) in [5, 5.41) is 19.8. The van der Waals surface area contributed by atoms with Gasteiger partial charge in [0.25, 0.3) is 10.1 Å². The van der Waals surface area contributed by atoms with Crippen molar-refractivity contribution in [3.63, 3.8) is 0 Å². The molecule has 2 heterocycles. The zero-order valence-corrected chi connectivity index (χ0v) is 11.7. The van der Waals surface area contributed by atoms with Crippen molar-refractivity contribution in [1.29, 1.82) is 0 Å². The Bertz CT molecular complexity index is 433. The van der Waals surface area contributed by atoms with Crippen molar-refractivity contribution in [1.82, 2.24) is 0 Å². The Hall–Kier alpha value is -0.290. The second-order valence-corrected chi connectivity index (χ2v) is 6.76. The molecule has 9 heteroatoms. The van der Waals surface area contributed by atoms with Gasteiger partial charge in [-0.1, -0.05) is 0 Å². The molecule has 0 aromatic carbocycles. The largest absolute Gasteiger partial charge is 0.388 e. The SMILES string of the molecule is CC1(C)O[C@@H]2O[C@H]([C@@H](O)COS(C)(=O)=O)[C@@H](O)[C@@H]2O1. The van der Waals surface area contributed by atoms with E-state index >= 15 is 0 Å². The molecule has 2 fully saturated rings. The Morgan fingerprint density at radius 3 is 2.53 bits per heavy atom. The number of hydrogen-bond acceptors (Lipinski definition) is 8. The van der Waals surface area contributed by atoms with Crippen molar-refractivity contribution in [2.45, 2.75) is 50.3 Å². The molecule has 0 radical (unpaired) electrons. The van der Waals surface area contributed by atoms with E-state index in [0.717, 1.165) is 6.26 Å². The number of ether oxygens (including phenoxy) is 3. The van der Waals surface area contributed by atoms with E-state index < -0.39 is 53.2 Å². The van der Waals surface area contributed by atoms with Crippen LogP contribution in [-0.4, -0.2) is 68.0 Å². The minimum absolute atomic E-state index is 0.497. The Kier molecular flexibility index (Phi) is 3.91. The lowest BCUT2D eigenvalue weighted by Crippen LogP contribution is -2.43. The van der Waals surface area contributed by atoms with E-state index in [4.69, 9.17) is 14.2 Å². The molecule has 0 aromatic heterocycles. The first-order valence-electron chi connectivity index (χ1n) is 5.81. The third-order valence-electron chi connectivity index (χ3n) is 2.88. The monoisotopic (exact) mass is 298 g/mol. The van der Waals surface area contributed by atoms with E-state index in [1.54, 1.807) is 13.8 Å².